The number of imidazole rings is 1. The number of ether oxygens (including phenoxy) is 1. The molecule has 2 heterocycles. The molecule has 114 valence electrons. The lowest BCUT2D eigenvalue weighted by molar-refractivity contribution is 0.224. The number of rotatable bonds is 6. The minimum Gasteiger partial charge on any atom is -0.463 e. The van der Waals surface area contributed by atoms with Gasteiger partial charge >= 0.3 is 11.7 Å². The van der Waals surface area contributed by atoms with Gasteiger partial charge in [0.1, 0.15) is 5.52 Å². The molecule has 7 heteroatoms. The zero-order chi connectivity index (χ0) is 15.4. The van der Waals surface area contributed by atoms with Crippen LogP contribution in [-0.4, -0.2) is 37.8 Å². The first kappa shape index (κ1) is 14.3. The molecule has 0 atom stereocenters. The molecule has 2 N–H and O–H groups in total. The quantitative estimate of drug-likeness (QED) is 0.661. The Morgan fingerprint density at radius 3 is 2.86 bits per heavy atom. The molecule has 0 saturated carbocycles. The lowest BCUT2D eigenvalue weighted by atomic mass is 10.2. The number of aromatic amines is 1. The maximum atomic E-state index is 12.1. The van der Waals surface area contributed by atoms with E-state index in [0.29, 0.717) is 30.7 Å². The first-order valence-corrected chi connectivity index (χ1v) is 7.01. The second kappa shape index (κ2) is 6.40. The summed E-state index contributed by atoms with van der Waals surface area (Å²) in [6.45, 7) is 0.799. The van der Waals surface area contributed by atoms with E-state index in [1.165, 1.54) is 6.20 Å². The molecule has 0 unspecified atom stereocenters. The molecule has 0 radical (unpaired) electrons. The SMILES string of the molecule is O=c1[nH]c2cnc(OCCCO)nc2n1Cc1ccccc1. The zero-order valence-corrected chi connectivity index (χ0v) is 11.9. The average Bonchev–Trinajstić information content (AvgIpc) is 2.84. The molecule has 0 amide bonds. The van der Waals surface area contributed by atoms with Gasteiger partial charge in [0.25, 0.3) is 0 Å². The Bertz CT molecular complexity index is 811. The monoisotopic (exact) mass is 300 g/mol. The van der Waals surface area contributed by atoms with Crippen LogP contribution in [0.3, 0.4) is 0 Å². The molecule has 2 aromatic heterocycles. The fourth-order valence-electron chi connectivity index (χ4n) is 2.14. The van der Waals surface area contributed by atoms with Crippen LogP contribution in [0.2, 0.25) is 0 Å². The van der Waals surface area contributed by atoms with Crippen LogP contribution in [0.4, 0.5) is 0 Å². The molecule has 22 heavy (non-hydrogen) atoms. The van der Waals surface area contributed by atoms with E-state index in [-0.39, 0.29) is 18.3 Å². The standard InChI is InChI=1S/C15H16N4O3/c20-7-4-8-22-14-16-9-12-13(18-14)19(15(21)17-12)10-11-5-2-1-3-6-11/h1-3,5-6,9,20H,4,7-8,10H2,(H,17,21). The van der Waals surface area contributed by atoms with Crippen molar-refractivity contribution in [3.63, 3.8) is 0 Å². The van der Waals surface area contributed by atoms with E-state index >= 15 is 0 Å². The van der Waals surface area contributed by atoms with Crippen LogP contribution in [0.1, 0.15) is 12.0 Å². The number of H-pyrrole nitrogens is 1. The number of nitrogens with one attached hydrogen (secondary N) is 1. The van der Waals surface area contributed by atoms with Crippen molar-refractivity contribution in [3.05, 3.63) is 52.6 Å². The lowest BCUT2D eigenvalue weighted by Crippen LogP contribution is -2.17. The first-order chi connectivity index (χ1) is 10.8. The third-order valence-corrected chi connectivity index (χ3v) is 3.21. The van der Waals surface area contributed by atoms with Gasteiger partial charge in [-0.3, -0.25) is 4.57 Å². The summed E-state index contributed by atoms with van der Waals surface area (Å²) >= 11 is 0. The summed E-state index contributed by atoms with van der Waals surface area (Å²) in [5.41, 5.74) is 1.84. The predicted molar refractivity (Wildman–Crippen MR) is 80.9 cm³/mol. The van der Waals surface area contributed by atoms with Crippen LogP contribution >= 0.6 is 0 Å². The smallest absolute Gasteiger partial charge is 0.328 e. The summed E-state index contributed by atoms with van der Waals surface area (Å²) in [5.74, 6) is 0. The number of hydrogen-bond acceptors (Lipinski definition) is 5. The maximum Gasteiger partial charge on any atom is 0.328 e. The van der Waals surface area contributed by atoms with Gasteiger partial charge in [-0.15, -0.1) is 0 Å². The van der Waals surface area contributed by atoms with Gasteiger partial charge in [-0.2, -0.15) is 4.98 Å². The molecule has 0 bridgehead atoms. The molecule has 7 nitrogen and oxygen atoms in total. The number of benzene rings is 1. The van der Waals surface area contributed by atoms with E-state index in [1.807, 2.05) is 30.3 Å². The number of fused-ring (bicyclic) bond motifs is 1. The highest BCUT2D eigenvalue weighted by Gasteiger charge is 2.11. The third-order valence-electron chi connectivity index (χ3n) is 3.21. The summed E-state index contributed by atoms with van der Waals surface area (Å²) in [6, 6.07) is 9.87. The van der Waals surface area contributed by atoms with E-state index in [0.717, 1.165) is 5.56 Å². The molecule has 0 aliphatic carbocycles. The number of hydrogen-bond donors (Lipinski definition) is 2. The Balaban J connectivity index is 1.93. The highest BCUT2D eigenvalue weighted by Crippen LogP contribution is 2.12. The lowest BCUT2D eigenvalue weighted by Gasteiger charge is -2.05. The Morgan fingerprint density at radius 2 is 2.09 bits per heavy atom. The molecule has 0 saturated heterocycles. The Kier molecular flexibility index (Phi) is 4.15. The van der Waals surface area contributed by atoms with Crippen molar-refractivity contribution in [2.75, 3.05) is 13.2 Å². The summed E-state index contributed by atoms with van der Waals surface area (Å²) in [7, 11) is 0. The van der Waals surface area contributed by atoms with Crippen LogP contribution in [0.15, 0.2) is 41.3 Å². The van der Waals surface area contributed by atoms with Crippen molar-refractivity contribution < 1.29 is 9.84 Å². The van der Waals surface area contributed by atoms with E-state index < -0.39 is 0 Å². The van der Waals surface area contributed by atoms with Crippen LogP contribution in [0.5, 0.6) is 6.01 Å². The molecule has 0 aliphatic rings. The fraction of sp³-hybridized carbons (Fsp3) is 0.267. The maximum absolute atomic E-state index is 12.1. The molecule has 0 spiro atoms. The Labute approximate surface area is 126 Å². The van der Waals surface area contributed by atoms with Crippen molar-refractivity contribution in [2.45, 2.75) is 13.0 Å². The van der Waals surface area contributed by atoms with Crippen LogP contribution in [0, 0.1) is 0 Å². The van der Waals surface area contributed by atoms with Crippen molar-refractivity contribution in [1.29, 1.82) is 0 Å². The number of nitrogens with zero attached hydrogens (tertiary/aromatic N) is 3. The highest BCUT2D eigenvalue weighted by atomic mass is 16.5. The number of aliphatic hydroxyl groups is 1. The van der Waals surface area contributed by atoms with Gasteiger partial charge in [-0.25, -0.2) is 9.78 Å². The van der Waals surface area contributed by atoms with Crippen molar-refractivity contribution in [1.82, 2.24) is 19.5 Å². The Hall–Kier alpha value is -2.67. The predicted octanol–water partition coefficient (Wildman–Crippen LogP) is 0.929. The van der Waals surface area contributed by atoms with Crippen LogP contribution in [-0.2, 0) is 6.54 Å². The van der Waals surface area contributed by atoms with Gasteiger partial charge in [-0.05, 0) is 5.56 Å². The van der Waals surface area contributed by atoms with Gasteiger partial charge in [-0.1, -0.05) is 30.3 Å². The fourth-order valence-corrected chi connectivity index (χ4v) is 2.14. The van der Waals surface area contributed by atoms with Gasteiger partial charge in [0.05, 0.1) is 19.3 Å². The zero-order valence-electron chi connectivity index (χ0n) is 11.9. The van der Waals surface area contributed by atoms with E-state index in [2.05, 4.69) is 15.0 Å². The molecular weight excluding hydrogens is 284 g/mol. The van der Waals surface area contributed by atoms with Crippen molar-refractivity contribution in [3.8, 4) is 6.01 Å². The topological polar surface area (TPSA) is 93.0 Å². The largest absolute Gasteiger partial charge is 0.463 e. The minimum absolute atomic E-state index is 0.0467. The molecule has 3 aromatic rings. The van der Waals surface area contributed by atoms with Crippen molar-refractivity contribution in [2.24, 2.45) is 0 Å². The second-order valence-electron chi connectivity index (χ2n) is 4.82. The number of aromatic nitrogens is 4. The second-order valence-corrected chi connectivity index (χ2v) is 4.82. The van der Waals surface area contributed by atoms with Crippen LogP contribution < -0.4 is 10.4 Å². The van der Waals surface area contributed by atoms with Crippen LogP contribution in [0.25, 0.3) is 11.2 Å². The average molecular weight is 300 g/mol. The highest BCUT2D eigenvalue weighted by molar-refractivity contribution is 5.69. The first-order valence-electron chi connectivity index (χ1n) is 7.01. The van der Waals surface area contributed by atoms with E-state index in [1.54, 1.807) is 4.57 Å². The van der Waals surface area contributed by atoms with Gasteiger partial charge in [0, 0.05) is 13.0 Å². The molecule has 0 aliphatic heterocycles. The van der Waals surface area contributed by atoms with E-state index in [9.17, 15) is 4.79 Å². The third kappa shape index (κ3) is 2.99. The summed E-state index contributed by atoms with van der Waals surface area (Å²) in [5, 5.41) is 8.76. The van der Waals surface area contributed by atoms with Crippen molar-refractivity contribution >= 4 is 11.2 Å². The summed E-state index contributed by atoms with van der Waals surface area (Å²) in [4.78, 5) is 23.1. The molecule has 1 aromatic carbocycles. The minimum atomic E-state index is -0.235. The number of aliphatic hydroxyl groups excluding tert-OH is 1. The Morgan fingerprint density at radius 1 is 1.27 bits per heavy atom. The summed E-state index contributed by atoms with van der Waals surface area (Å²) < 4.78 is 6.90. The molecule has 0 fully saturated rings. The molecular formula is C15H16N4O3. The normalized spacial score (nSPS) is 11.0. The summed E-state index contributed by atoms with van der Waals surface area (Å²) in [6.07, 6.45) is 2.03. The van der Waals surface area contributed by atoms with E-state index in [4.69, 9.17) is 9.84 Å². The van der Waals surface area contributed by atoms with Gasteiger partial charge < -0.3 is 14.8 Å². The van der Waals surface area contributed by atoms with Gasteiger partial charge in [0.2, 0.25) is 0 Å². The molecule has 3 rings (SSSR count). The van der Waals surface area contributed by atoms with Gasteiger partial charge in [0.15, 0.2) is 5.65 Å².